The van der Waals surface area contributed by atoms with Gasteiger partial charge >= 0.3 is 0 Å². The number of hydrogen-bond donors (Lipinski definition) is 1. The Hall–Kier alpha value is -1.24. The first kappa shape index (κ1) is 12.2. The van der Waals surface area contributed by atoms with Crippen LogP contribution in [0.25, 0.3) is 0 Å². The third kappa shape index (κ3) is 3.36. The van der Waals surface area contributed by atoms with Gasteiger partial charge in [-0.2, -0.15) is 0 Å². The molecule has 1 heteroatoms. The molecule has 1 N–H and O–H groups in total. The molecule has 1 aliphatic carbocycles. The Morgan fingerprint density at radius 1 is 1.12 bits per heavy atom. The highest BCUT2D eigenvalue weighted by Gasteiger charge is 2.06. The Balaban J connectivity index is 2.07. The molecule has 0 unspecified atom stereocenters. The summed E-state index contributed by atoms with van der Waals surface area (Å²) in [4.78, 5) is 0. The van der Waals surface area contributed by atoms with Crippen LogP contribution in [0.1, 0.15) is 49.7 Å². The Kier molecular flexibility index (Phi) is 4.24. The van der Waals surface area contributed by atoms with Gasteiger partial charge in [0.15, 0.2) is 0 Å². The quantitative estimate of drug-likeness (QED) is 0.585. The van der Waals surface area contributed by atoms with E-state index in [-0.39, 0.29) is 0 Å². The van der Waals surface area contributed by atoms with E-state index in [1.807, 2.05) is 6.07 Å². The third-order valence-corrected chi connectivity index (χ3v) is 3.73. The number of hydrogen-bond acceptors (Lipinski definition) is 1. The summed E-state index contributed by atoms with van der Waals surface area (Å²) < 4.78 is 0. The Bertz CT molecular complexity index is 374. The predicted octanol–water partition coefficient (Wildman–Crippen LogP) is 4.52. The van der Waals surface area contributed by atoms with E-state index < -0.39 is 0 Å². The third-order valence-electron chi connectivity index (χ3n) is 3.73. The summed E-state index contributed by atoms with van der Waals surface area (Å²) in [6.45, 7) is 2.07. The van der Waals surface area contributed by atoms with Gasteiger partial charge in [0.2, 0.25) is 0 Å². The van der Waals surface area contributed by atoms with E-state index in [9.17, 15) is 5.11 Å². The SMILES string of the molecule is Cc1cccc(O)c1CC=C1CCCCCC1. The molecular weight excluding hydrogens is 208 g/mol. The van der Waals surface area contributed by atoms with Gasteiger partial charge < -0.3 is 5.11 Å². The van der Waals surface area contributed by atoms with Crippen molar-refractivity contribution in [2.45, 2.75) is 51.9 Å². The summed E-state index contributed by atoms with van der Waals surface area (Å²) in [5, 5.41) is 9.85. The van der Waals surface area contributed by atoms with Gasteiger partial charge in [0.05, 0.1) is 0 Å². The average Bonchev–Trinajstić information content (AvgIpc) is 2.57. The van der Waals surface area contributed by atoms with Gasteiger partial charge in [-0.3, -0.25) is 0 Å². The van der Waals surface area contributed by atoms with Crippen molar-refractivity contribution in [3.63, 3.8) is 0 Å². The largest absolute Gasteiger partial charge is 0.508 e. The zero-order valence-electron chi connectivity index (χ0n) is 10.7. The second-order valence-corrected chi connectivity index (χ2v) is 5.05. The van der Waals surface area contributed by atoms with Crippen molar-refractivity contribution in [3.8, 4) is 5.75 Å². The minimum absolute atomic E-state index is 0.440. The summed E-state index contributed by atoms with van der Waals surface area (Å²) in [5.41, 5.74) is 3.87. The van der Waals surface area contributed by atoms with Crippen molar-refractivity contribution in [2.24, 2.45) is 0 Å². The van der Waals surface area contributed by atoms with Crippen LogP contribution in [0.4, 0.5) is 0 Å². The van der Waals surface area contributed by atoms with Crippen molar-refractivity contribution < 1.29 is 5.11 Å². The summed E-state index contributed by atoms with van der Waals surface area (Å²) >= 11 is 0. The molecule has 92 valence electrons. The molecule has 17 heavy (non-hydrogen) atoms. The van der Waals surface area contributed by atoms with Crippen molar-refractivity contribution in [1.82, 2.24) is 0 Å². The molecule has 1 aliphatic rings. The predicted molar refractivity (Wildman–Crippen MR) is 72.3 cm³/mol. The second kappa shape index (κ2) is 5.90. The fraction of sp³-hybridized carbons (Fsp3) is 0.500. The van der Waals surface area contributed by atoms with Crippen LogP contribution in [-0.2, 0) is 6.42 Å². The van der Waals surface area contributed by atoms with Crippen molar-refractivity contribution in [2.75, 3.05) is 0 Å². The van der Waals surface area contributed by atoms with Gasteiger partial charge in [0.1, 0.15) is 5.75 Å². The van der Waals surface area contributed by atoms with Gasteiger partial charge in [-0.25, -0.2) is 0 Å². The molecule has 1 nitrogen and oxygen atoms in total. The lowest BCUT2D eigenvalue weighted by molar-refractivity contribution is 0.469. The maximum atomic E-state index is 9.85. The van der Waals surface area contributed by atoms with Gasteiger partial charge in [-0.05, 0) is 50.7 Å². The Morgan fingerprint density at radius 2 is 1.82 bits per heavy atom. The minimum atomic E-state index is 0.440. The molecule has 0 saturated heterocycles. The topological polar surface area (TPSA) is 20.2 Å². The Labute approximate surface area is 104 Å². The molecule has 0 spiro atoms. The zero-order valence-corrected chi connectivity index (χ0v) is 10.7. The molecule has 0 bridgehead atoms. The van der Waals surface area contributed by atoms with E-state index in [2.05, 4.69) is 19.1 Å². The molecule has 0 aromatic heterocycles. The monoisotopic (exact) mass is 230 g/mol. The number of allylic oxidation sites excluding steroid dienone is 2. The van der Waals surface area contributed by atoms with Gasteiger partial charge in [0, 0.05) is 5.56 Å². The maximum Gasteiger partial charge on any atom is 0.119 e. The first-order chi connectivity index (χ1) is 8.27. The summed E-state index contributed by atoms with van der Waals surface area (Å²) in [6.07, 6.45) is 11.2. The molecule has 0 heterocycles. The van der Waals surface area contributed by atoms with Gasteiger partial charge in [-0.1, -0.05) is 36.6 Å². The molecule has 1 fully saturated rings. The first-order valence-corrected chi connectivity index (χ1v) is 6.73. The van der Waals surface area contributed by atoms with E-state index in [1.54, 1.807) is 11.6 Å². The lowest BCUT2D eigenvalue weighted by Crippen LogP contribution is -1.90. The number of aromatic hydroxyl groups is 1. The lowest BCUT2D eigenvalue weighted by atomic mass is 10.0. The van der Waals surface area contributed by atoms with Crippen LogP contribution >= 0.6 is 0 Å². The number of phenolic OH excluding ortho intramolecular Hbond substituents is 1. The number of aryl methyl sites for hydroxylation is 1. The van der Waals surface area contributed by atoms with Crippen molar-refractivity contribution in [1.29, 1.82) is 0 Å². The van der Waals surface area contributed by atoms with E-state index in [0.29, 0.717) is 5.75 Å². The molecule has 0 atom stereocenters. The van der Waals surface area contributed by atoms with E-state index >= 15 is 0 Å². The van der Waals surface area contributed by atoms with Crippen molar-refractivity contribution >= 4 is 0 Å². The highest BCUT2D eigenvalue weighted by atomic mass is 16.3. The highest BCUT2D eigenvalue weighted by molar-refractivity contribution is 5.40. The van der Waals surface area contributed by atoms with Gasteiger partial charge in [0.25, 0.3) is 0 Å². The highest BCUT2D eigenvalue weighted by Crippen LogP contribution is 2.25. The summed E-state index contributed by atoms with van der Waals surface area (Å²) in [6, 6.07) is 5.77. The molecule has 0 amide bonds. The fourth-order valence-electron chi connectivity index (χ4n) is 2.59. The Morgan fingerprint density at radius 3 is 2.47 bits per heavy atom. The van der Waals surface area contributed by atoms with E-state index in [0.717, 1.165) is 12.0 Å². The van der Waals surface area contributed by atoms with Crippen LogP contribution < -0.4 is 0 Å². The standard InChI is InChI=1S/C16H22O/c1-13-7-6-10-16(17)15(13)12-11-14-8-4-2-3-5-9-14/h6-7,10-11,17H,2-5,8-9,12H2,1H3. The number of benzene rings is 1. The summed E-state index contributed by atoms with van der Waals surface area (Å²) in [7, 11) is 0. The van der Waals surface area contributed by atoms with E-state index in [4.69, 9.17) is 0 Å². The van der Waals surface area contributed by atoms with Crippen LogP contribution in [0.3, 0.4) is 0 Å². The average molecular weight is 230 g/mol. The molecule has 1 aromatic carbocycles. The van der Waals surface area contributed by atoms with Crippen LogP contribution in [-0.4, -0.2) is 5.11 Å². The number of phenols is 1. The smallest absolute Gasteiger partial charge is 0.119 e. The fourth-order valence-corrected chi connectivity index (χ4v) is 2.59. The first-order valence-electron chi connectivity index (χ1n) is 6.73. The molecular formula is C16H22O. The normalized spacial score (nSPS) is 16.6. The van der Waals surface area contributed by atoms with E-state index in [1.165, 1.54) is 44.1 Å². The van der Waals surface area contributed by atoms with Crippen molar-refractivity contribution in [3.05, 3.63) is 41.0 Å². The minimum Gasteiger partial charge on any atom is -0.508 e. The molecule has 0 aliphatic heterocycles. The summed E-state index contributed by atoms with van der Waals surface area (Å²) in [5.74, 6) is 0.440. The number of rotatable bonds is 2. The maximum absolute atomic E-state index is 9.85. The zero-order chi connectivity index (χ0) is 12.1. The molecule has 1 saturated carbocycles. The van der Waals surface area contributed by atoms with Crippen LogP contribution in [0.2, 0.25) is 0 Å². The van der Waals surface area contributed by atoms with Crippen LogP contribution in [0, 0.1) is 6.92 Å². The second-order valence-electron chi connectivity index (χ2n) is 5.05. The molecule has 2 rings (SSSR count). The van der Waals surface area contributed by atoms with Gasteiger partial charge in [-0.15, -0.1) is 0 Å². The lowest BCUT2D eigenvalue weighted by Gasteiger charge is -2.07. The molecule has 0 radical (unpaired) electrons. The van der Waals surface area contributed by atoms with Crippen LogP contribution in [0.5, 0.6) is 5.75 Å². The molecule has 1 aromatic rings. The van der Waals surface area contributed by atoms with Crippen LogP contribution in [0.15, 0.2) is 29.8 Å².